The van der Waals surface area contributed by atoms with Gasteiger partial charge in [0, 0.05) is 5.56 Å². The molecule has 0 radical (unpaired) electrons. The highest BCUT2D eigenvalue weighted by Gasteiger charge is 2.08. The van der Waals surface area contributed by atoms with E-state index in [4.69, 9.17) is 4.74 Å². The Morgan fingerprint density at radius 2 is 1.74 bits per heavy atom. The molecule has 0 aliphatic carbocycles. The zero-order valence-corrected chi connectivity index (χ0v) is 13.3. The predicted molar refractivity (Wildman–Crippen MR) is 86.5 cm³/mol. The fraction of sp³-hybridized carbons (Fsp3) is 0.235. The van der Waals surface area contributed by atoms with Crippen LogP contribution >= 0.6 is 0 Å². The van der Waals surface area contributed by atoms with Gasteiger partial charge in [-0.15, -0.1) is 10.2 Å². The Bertz CT molecular complexity index is 802. The highest BCUT2D eigenvalue weighted by Crippen LogP contribution is 2.23. The number of aromatic hydroxyl groups is 1. The van der Waals surface area contributed by atoms with Crippen molar-refractivity contribution in [2.45, 2.75) is 20.4 Å². The van der Waals surface area contributed by atoms with Crippen molar-refractivity contribution >= 4 is 0 Å². The number of ether oxygens (including phenoxy) is 1. The van der Waals surface area contributed by atoms with E-state index >= 15 is 0 Å². The topological polar surface area (TPSA) is 73.1 Å². The average molecular weight is 310 g/mol. The summed E-state index contributed by atoms with van der Waals surface area (Å²) in [5.41, 5.74) is 3.59. The molecule has 1 N–H and O–H groups in total. The van der Waals surface area contributed by atoms with Crippen LogP contribution in [0.5, 0.6) is 11.5 Å². The van der Waals surface area contributed by atoms with Gasteiger partial charge in [0.15, 0.2) is 0 Å². The second-order valence-corrected chi connectivity index (χ2v) is 5.45. The summed E-state index contributed by atoms with van der Waals surface area (Å²) in [6.45, 7) is 4.26. The molecule has 0 bridgehead atoms. The molecule has 2 aromatic carbocycles. The third kappa shape index (κ3) is 3.15. The number of aromatic nitrogens is 4. The van der Waals surface area contributed by atoms with Crippen LogP contribution in [0.4, 0.5) is 0 Å². The van der Waals surface area contributed by atoms with Crippen LogP contribution < -0.4 is 4.74 Å². The molecule has 0 unspecified atom stereocenters. The lowest BCUT2D eigenvalue weighted by Gasteiger charge is -2.07. The van der Waals surface area contributed by atoms with Crippen LogP contribution in [0.3, 0.4) is 0 Å². The van der Waals surface area contributed by atoms with Crippen LogP contribution in [-0.4, -0.2) is 32.4 Å². The fourth-order valence-corrected chi connectivity index (χ4v) is 2.47. The van der Waals surface area contributed by atoms with E-state index in [2.05, 4.69) is 15.4 Å². The first-order valence-electron chi connectivity index (χ1n) is 7.28. The normalized spacial score (nSPS) is 10.7. The molecule has 0 aliphatic heterocycles. The second-order valence-electron chi connectivity index (χ2n) is 5.45. The number of phenols is 1. The third-order valence-electron chi connectivity index (χ3n) is 3.68. The molecule has 0 saturated heterocycles. The van der Waals surface area contributed by atoms with Gasteiger partial charge in [-0.2, -0.15) is 4.80 Å². The summed E-state index contributed by atoms with van der Waals surface area (Å²) in [7, 11) is 1.63. The van der Waals surface area contributed by atoms with Crippen molar-refractivity contribution in [2.75, 3.05) is 7.11 Å². The number of aryl methyl sites for hydroxylation is 2. The Hall–Kier alpha value is -2.89. The highest BCUT2D eigenvalue weighted by atomic mass is 16.5. The van der Waals surface area contributed by atoms with Crippen molar-refractivity contribution in [3.8, 4) is 22.9 Å². The molecule has 0 saturated carbocycles. The fourth-order valence-electron chi connectivity index (χ4n) is 2.47. The molecule has 118 valence electrons. The Morgan fingerprint density at radius 1 is 1.09 bits per heavy atom. The van der Waals surface area contributed by atoms with Gasteiger partial charge in [0.2, 0.25) is 5.82 Å². The molecule has 0 atom stereocenters. The van der Waals surface area contributed by atoms with Gasteiger partial charge in [-0.3, -0.25) is 0 Å². The molecule has 6 heteroatoms. The van der Waals surface area contributed by atoms with E-state index in [1.54, 1.807) is 11.9 Å². The summed E-state index contributed by atoms with van der Waals surface area (Å²) in [5.74, 6) is 1.69. The SMILES string of the molecule is COc1ccc(-c2nnn(Cc3cc(C)c(O)c(C)c3)n2)cc1. The van der Waals surface area contributed by atoms with E-state index < -0.39 is 0 Å². The number of methoxy groups -OCH3 is 1. The molecule has 3 aromatic rings. The zero-order chi connectivity index (χ0) is 16.4. The largest absolute Gasteiger partial charge is 0.507 e. The van der Waals surface area contributed by atoms with Crippen LogP contribution in [0, 0.1) is 13.8 Å². The van der Waals surface area contributed by atoms with Crippen molar-refractivity contribution in [2.24, 2.45) is 0 Å². The molecular weight excluding hydrogens is 292 g/mol. The van der Waals surface area contributed by atoms with E-state index in [-0.39, 0.29) is 0 Å². The number of tetrazole rings is 1. The molecule has 6 nitrogen and oxygen atoms in total. The molecule has 0 fully saturated rings. The minimum Gasteiger partial charge on any atom is -0.507 e. The van der Waals surface area contributed by atoms with Gasteiger partial charge < -0.3 is 9.84 Å². The van der Waals surface area contributed by atoms with E-state index in [9.17, 15) is 5.11 Å². The molecule has 1 aromatic heterocycles. The van der Waals surface area contributed by atoms with Crippen LogP contribution in [-0.2, 0) is 6.54 Å². The lowest BCUT2D eigenvalue weighted by Crippen LogP contribution is -2.04. The molecule has 0 amide bonds. The molecule has 1 heterocycles. The second kappa shape index (κ2) is 6.08. The number of hydrogen-bond donors (Lipinski definition) is 1. The summed E-state index contributed by atoms with van der Waals surface area (Å²) in [5, 5.41) is 22.4. The smallest absolute Gasteiger partial charge is 0.204 e. The maximum atomic E-state index is 9.83. The summed E-state index contributed by atoms with van der Waals surface area (Å²) in [4.78, 5) is 1.55. The maximum Gasteiger partial charge on any atom is 0.204 e. The van der Waals surface area contributed by atoms with E-state index in [1.807, 2.05) is 50.2 Å². The lowest BCUT2D eigenvalue weighted by atomic mass is 10.1. The first kappa shape index (κ1) is 15.0. The monoisotopic (exact) mass is 310 g/mol. The number of phenolic OH excluding ortho intramolecular Hbond substituents is 1. The van der Waals surface area contributed by atoms with Crippen molar-refractivity contribution in [3.05, 3.63) is 53.1 Å². The number of hydrogen-bond acceptors (Lipinski definition) is 5. The van der Waals surface area contributed by atoms with Crippen LogP contribution in [0.2, 0.25) is 0 Å². The lowest BCUT2D eigenvalue weighted by molar-refractivity contribution is 0.415. The number of benzene rings is 2. The van der Waals surface area contributed by atoms with Gasteiger partial charge in [0.25, 0.3) is 0 Å². The standard InChI is InChI=1S/C17H18N4O2/c1-11-8-13(9-12(2)16(11)22)10-21-19-17(18-20-21)14-4-6-15(23-3)7-5-14/h4-9,22H,10H2,1-3H3. The van der Waals surface area contributed by atoms with E-state index in [0.717, 1.165) is 28.0 Å². The summed E-state index contributed by atoms with van der Waals surface area (Å²) in [6, 6.07) is 11.4. The molecule has 0 aliphatic rings. The van der Waals surface area contributed by atoms with Gasteiger partial charge in [-0.05, 0) is 60.0 Å². The molecule has 3 rings (SSSR count). The molecular formula is C17H18N4O2. The minimum absolute atomic E-state index is 0.333. The highest BCUT2D eigenvalue weighted by molar-refractivity contribution is 5.55. The van der Waals surface area contributed by atoms with Crippen LogP contribution in [0.15, 0.2) is 36.4 Å². The summed E-state index contributed by atoms with van der Waals surface area (Å²) in [6.07, 6.45) is 0. The van der Waals surface area contributed by atoms with Crippen molar-refractivity contribution < 1.29 is 9.84 Å². The Kier molecular flexibility index (Phi) is 3.97. The van der Waals surface area contributed by atoms with E-state index in [0.29, 0.717) is 18.1 Å². The summed E-state index contributed by atoms with van der Waals surface area (Å²) < 4.78 is 5.14. The first-order chi connectivity index (χ1) is 11.1. The Morgan fingerprint density at radius 3 is 2.35 bits per heavy atom. The van der Waals surface area contributed by atoms with Crippen LogP contribution in [0.1, 0.15) is 16.7 Å². The first-order valence-corrected chi connectivity index (χ1v) is 7.28. The molecule has 0 spiro atoms. The summed E-state index contributed by atoms with van der Waals surface area (Å²) >= 11 is 0. The van der Waals surface area contributed by atoms with Gasteiger partial charge >= 0.3 is 0 Å². The average Bonchev–Trinajstić information content (AvgIpc) is 3.01. The van der Waals surface area contributed by atoms with Crippen molar-refractivity contribution in [1.29, 1.82) is 0 Å². The number of rotatable bonds is 4. The van der Waals surface area contributed by atoms with Gasteiger partial charge in [-0.1, -0.05) is 12.1 Å². The van der Waals surface area contributed by atoms with Gasteiger partial charge in [0.05, 0.1) is 13.7 Å². The maximum absolute atomic E-state index is 9.83. The quantitative estimate of drug-likeness (QED) is 0.802. The third-order valence-corrected chi connectivity index (χ3v) is 3.68. The van der Waals surface area contributed by atoms with Crippen LogP contribution in [0.25, 0.3) is 11.4 Å². The van der Waals surface area contributed by atoms with Crippen molar-refractivity contribution in [3.63, 3.8) is 0 Å². The van der Waals surface area contributed by atoms with E-state index in [1.165, 1.54) is 0 Å². The predicted octanol–water partition coefficient (Wildman–Crippen LogP) is 2.72. The zero-order valence-electron chi connectivity index (χ0n) is 13.3. The Labute approximate surface area is 134 Å². The Balaban J connectivity index is 1.81. The minimum atomic E-state index is 0.333. The van der Waals surface area contributed by atoms with Crippen molar-refractivity contribution in [1.82, 2.24) is 20.2 Å². The van der Waals surface area contributed by atoms with Gasteiger partial charge in [0.1, 0.15) is 11.5 Å². The number of nitrogens with zero attached hydrogens (tertiary/aromatic N) is 4. The molecule has 23 heavy (non-hydrogen) atoms. The van der Waals surface area contributed by atoms with Gasteiger partial charge in [-0.25, -0.2) is 0 Å².